The number of sulfonamides is 1. The van der Waals surface area contributed by atoms with E-state index >= 15 is 0 Å². The van der Waals surface area contributed by atoms with Crippen molar-refractivity contribution in [2.24, 2.45) is 0 Å². The smallest absolute Gasteiger partial charge is 0.345 e. The van der Waals surface area contributed by atoms with E-state index < -0.39 is 21.6 Å². The number of rotatable bonds is 8. The molecule has 0 aliphatic heterocycles. The van der Waals surface area contributed by atoms with Crippen molar-refractivity contribution in [3.8, 4) is 17.1 Å². The second-order valence-corrected chi connectivity index (χ2v) is 7.58. The van der Waals surface area contributed by atoms with Gasteiger partial charge in [-0.15, -0.1) is 0 Å². The van der Waals surface area contributed by atoms with Gasteiger partial charge in [0.25, 0.3) is 5.56 Å². The highest BCUT2D eigenvalue weighted by Crippen LogP contribution is 2.30. The normalized spacial score (nSPS) is 11.5. The Kier molecular flexibility index (Phi) is 6.92. The lowest BCUT2D eigenvalue weighted by atomic mass is 10.2. The highest BCUT2D eigenvalue weighted by Gasteiger charge is 2.24. The number of hydrogen-bond donors (Lipinski definition) is 1. The molecule has 152 valence electrons. The predicted octanol–water partition coefficient (Wildman–Crippen LogP) is 1.65. The number of ether oxygens (including phenoxy) is 2. The third kappa shape index (κ3) is 4.23. The average Bonchev–Trinajstić information content (AvgIpc) is 2.68. The molecule has 0 amide bonds. The van der Waals surface area contributed by atoms with Crippen LogP contribution in [0.4, 0.5) is 0 Å². The number of nitrogens with one attached hydrogen (secondary N) is 1. The molecule has 0 saturated heterocycles. The zero-order valence-corrected chi connectivity index (χ0v) is 17.0. The molecular formula is C18H23N3O6S. The Morgan fingerprint density at radius 1 is 1.21 bits per heavy atom. The summed E-state index contributed by atoms with van der Waals surface area (Å²) in [6, 6.07) is 4.31. The van der Waals surface area contributed by atoms with Crippen molar-refractivity contribution >= 4 is 16.0 Å². The van der Waals surface area contributed by atoms with Crippen molar-refractivity contribution in [3.63, 3.8) is 0 Å². The van der Waals surface area contributed by atoms with Crippen LogP contribution in [0.2, 0.25) is 0 Å². The quantitative estimate of drug-likeness (QED) is 0.659. The molecule has 1 N–H and O–H groups in total. The summed E-state index contributed by atoms with van der Waals surface area (Å²) in [5, 5.41) is 0. The van der Waals surface area contributed by atoms with Crippen LogP contribution in [0, 0.1) is 0 Å². The Morgan fingerprint density at radius 3 is 2.43 bits per heavy atom. The largest absolute Gasteiger partial charge is 0.496 e. The number of carbonyl (C=O) groups is 1. The number of aromatic amines is 1. The molecule has 1 aromatic heterocycles. The standard InChI is InChI=1S/C18H23N3O6S/c1-5-21(6-2)28(24,25)12-8-9-15(26-4)13(10-12)16-19-11-14(17(22)20-16)18(23)27-7-3/h8-11H,5-7H2,1-4H3,(H,19,20,22). The lowest BCUT2D eigenvalue weighted by molar-refractivity contribution is 0.0523. The molecule has 28 heavy (non-hydrogen) atoms. The highest BCUT2D eigenvalue weighted by atomic mass is 32.2. The number of aromatic nitrogens is 2. The molecule has 0 unspecified atom stereocenters. The lowest BCUT2D eigenvalue weighted by Crippen LogP contribution is -2.30. The van der Waals surface area contributed by atoms with Gasteiger partial charge in [-0.25, -0.2) is 18.2 Å². The molecule has 1 aromatic carbocycles. The molecule has 2 aromatic rings. The minimum absolute atomic E-state index is 0.0455. The average molecular weight is 409 g/mol. The monoisotopic (exact) mass is 409 g/mol. The van der Waals surface area contributed by atoms with Gasteiger partial charge in [-0.05, 0) is 25.1 Å². The molecule has 0 radical (unpaired) electrons. The second kappa shape index (κ2) is 8.98. The van der Waals surface area contributed by atoms with Crippen LogP contribution in [0.3, 0.4) is 0 Å². The van der Waals surface area contributed by atoms with Crippen LogP contribution in [0.15, 0.2) is 34.1 Å². The van der Waals surface area contributed by atoms with Crippen LogP contribution < -0.4 is 10.3 Å². The molecule has 0 aliphatic rings. The van der Waals surface area contributed by atoms with Crippen LogP contribution in [0.25, 0.3) is 11.4 Å². The zero-order chi connectivity index (χ0) is 20.9. The fourth-order valence-electron chi connectivity index (χ4n) is 2.63. The maximum Gasteiger partial charge on any atom is 0.345 e. The number of hydrogen-bond acceptors (Lipinski definition) is 7. The van der Waals surface area contributed by atoms with Crippen molar-refractivity contribution in [1.29, 1.82) is 0 Å². The Hall–Kier alpha value is -2.72. The Bertz CT molecular complexity index is 1010. The van der Waals surface area contributed by atoms with Crippen molar-refractivity contribution in [2.45, 2.75) is 25.7 Å². The van der Waals surface area contributed by atoms with E-state index in [1.165, 1.54) is 29.6 Å². The van der Waals surface area contributed by atoms with Crippen LogP contribution >= 0.6 is 0 Å². The zero-order valence-electron chi connectivity index (χ0n) is 16.2. The van der Waals surface area contributed by atoms with Crippen LogP contribution in [-0.2, 0) is 14.8 Å². The summed E-state index contributed by atoms with van der Waals surface area (Å²) in [5.74, 6) is -0.385. The second-order valence-electron chi connectivity index (χ2n) is 5.65. The van der Waals surface area contributed by atoms with Gasteiger partial charge in [0, 0.05) is 19.3 Å². The van der Waals surface area contributed by atoms with Gasteiger partial charge >= 0.3 is 5.97 Å². The molecule has 10 heteroatoms. The molecule has 0 bridgehead atoms. The lowest BCUT2D eigenvalue weighted by Gasteiger charge is -2.19. The summed E-state index contributed by atoms with van der Waals surface area (Å²) < 4.78 is 37.0. The number of esters is 1. The van der Waals surface area contributed by atoms with Crippen molar-refractivity contribution in [1.82, 2.24) is 14.3 Å². The summed E-state index contributed by atoms with van der Waals surface area (Å²) in [6.07, 6.45) is 1.09. The van der Waals surface area contributed by atoms with Crippen LogP contribution in [-0.4, -0.2) is 55.5 Å². The molecule has 0 spiro atoms. The Balaban J connectivity index is 2.58. The Labute approximate surface area is 163 Å². The molecule has 0 fully saturated rings. The van der Waals surface area contributed by atoms with Crippen molar-refractivity contribution < 1.29 is 22.7 Å². The SMILES string of the molecule is CCOC(=O)c1cnc(-c2cc(S(=O)(=O)N(CC)CC)ccc2OC)[nH]c1=O. The maximum atomic E-state index is 12.8. The van der Waals surface area contributed by atoms with E-state index in [9.17, 15) is 18.0 Å². The van der Waals surface area contributed by atoms with Crippen LogP contribution in [0.5, 0.6) is 5.75 Å². The van der Waals surface area contributed by atoms with Gasteiger partial charge in [0.1, 0.15) is 17.1 Å². The molecule has 0 atom stereocenters. The summed E-state index contributed by atoms with van der Waals surface area (Å²) in [7, 11) is -2.29. The van der Waals surface area contributed by atoms with Gasteiger partial charge in [0.05, 0.1) is 24.2 Å². The first kappa shape index (κ1) is 21.6. The molecule has 0 aliphatic carbocycles. The summed E-state index contributed by atoms with van der Waals surface area (Å²) in [4.78, 5) is 30.6. The van der Waals surface area contributed by atoms with Crippen molar-refractivity contribution in [2.75, 3.05) is 26.8 Å². The van der Waals surface area contributed by atoms with E-state index in [-0.39, 0.29) is 28.5 Å². The van der Waals surface area contributed by atoms with E-state index in [1.54, 1.807) is 20.8 Å². The summed E-state index contributed by atoms with van der Waals surface area (Å²) in [5.41, 5.74) is -0.651. The van der Waals surface area contributed by atoms with Gasteiger partial charge in [-0.3, -0.25) is 4.79 Å². The summed E-state index contributed by atoms with van der Waals surface area (Å²) in [6.45, 7) is 5.89. The van der Waals surface area contributed by atoms with E-state index in [1.807, 2.05) is 0 Å². The molecular weight excluding hydrogens is 386 g/mol. The van der Waals surface area contributed by atoms with Gasteiger partial charge < -0.3 is 14.5 Å². The van der Waals surface area contributed by atoms with Gasteiger partial charge in [-0.2, -0.15) is 4.31 Å². The number of methoxy groups -OCH3 is 1. The Morgan fingerprint density at radius 2 is 1.89 bits per heavy atom. The van der Waals surface area contributed by atoms with Gasteiger partial charge in [0.15, 0.2) is 0 Å². The highest BCUT2D eigenvalue weighted by molar-refractivity contribution is 7.89. The summed E-state index contributed by atoms with van der Waals surface area (Å²) >= 11 is 0. The molecule has 9 nitrogen and oxygen atoms in total. The van der Waals surface area contributed by atoms with Gasteiger partial charge in [0.2, 0.25) is 10.0 Å². The van der Waals surface area contributed by atoms with E-state index in [2.05, 4.69) is 9.97 Å². The number of benzene rings is 1. The molecule has 1 heterocycles. The predicted molar refractivity (Wildman–Crippen MR) is 103 cm³/mol. The first-order valence-corrected chi connectivity index (χ1v) is 10.2. The van der Waals surface area contributed by atoms with Crippen molar-refractivity contribution in [3.05, 3.63) is 40.3 Å². The first-order chi connectivity index (χ1) is 13.3. The number of H-pyrrole nitrogens is 1. The van der Waals surface area contributed by atoms with E-state index in [4.69, 9.17) is 9.47 Å². The number of nitrogens with zero attached hydrogens (tertiary/aromatic N) is 2. The topological polar surface area (TPSA) is 119 Å². The third-order valence-corrected chi connectivity index (χ3v) is 6.11. The minimum Gasteiger partial charge on any atom is -0.496 e. The maximum absolute atomic E-state index is 12.8. The fraction of sp³-hybridized carbons (Fsp3) is 0.389. The van der Waals surface area contributed by atoms with Crippen LogP contribution in [0.1, 0.15) is 31.1 Å². The third-order valence-electron chi connectivity index (χ3n) is 4.06. The fourth-order valence-corrected chi connectivity index (χ4v) is 4.12. The van der Waals surface area contributed by atoms with E-state index in [0.29, 0.717) is 18.8 Å². The minimum atomic E-state index is -3.71. The number of carbonyl (C=O) groups excluding carboxylic acids is 1. The van der Waals surface area contributed by atoms with Gasteiger partial charge in [-0.1, -0.05) is 13.8 Å². The molecule has 2 rings (SSSR count). The first-order valence-electron chi connectivity index (χ1n) is 8.75. The van der Waals surface area contributed by atoms with E-state index in [0.717, 1.165) is 6.20 Å². The molecule has 0 saturated carbocycles.